The Bertz CT molecular complexity index is 166. The van der Waals surface area contributed by atoms with Crippen LogP contribution in [0.1, 0.15) is 19.8 Å². The molecule has 1 saturated heterocycles. The largest absolute Gasteiger partial charge is 0.468 e. The maximum absolute atomic E-state index is 11.0. The molecule has 0 saturated carbocycles. The van der Waals surface area contributed by atoms with Crippen molar-refractivity contribution in [1.29, 1.82) is 0 Å². The summed E-state index contributed by atoms with van der Waals surface area (Å²) in [4.78, 5) is 11.0. The number of carbonyl (C=O) groups is 1. The van der Waals surface area contributed by atoms with Crippen LogP contribution in [0.2, 0.25) is 0 Å². The van der Waals surface area contributed by atoms with E-state index in [1.54, 1.807) is 6.92 Å². The molecule has 0 bridgehead atoms. The monoisotopic (exact) mass is 187 g/mol. The van der Waals surface area contributed by atoms with E-state index in [1.165, 1.54) is 7.11 Å². The lowest BCUT2D eigenvalue weighted by Gasteiger charge is -2.14. The molecule has 0 aliphatic carbocycles. The molecular weight excluding hydrogens is 170 g/mol. The Hall–Kier alpha value is -0.610. The molecule has 4 heteroatoms. The Morgan fingerprint density at radius 2 is 2.54 bits per heavy atom. The average molecular weight is 187 g/mol. The second-order valence-electron chi connectivity index (χ2n) is 3.29. The van der Waals surface area contributed by atoms with Crippen molar-refractivity contribution < 1.29 is 14.3 Å². The molecule has 13 heavy (non-hydrogen) atoms. The minimum atomic E-state index is -0.241. The van der Waals surface area contributed by atoms with Crippen LogP contribution in [0.5, 0.6) is 0 Å². The number of nitrogens with one attached hydrogen (secondary N) is 1. The highest BCUT2D eigenvalue weighted by Crippen LogP contribution is 2.10. The molecule has 0 aromatic rings. The third-order valence-corrected chi connectivity index (χ3v) is 2.23. The molecular formula is C9H17NO3. The van der Waals surface area contributed by atoms with Gasteiger partial charge in [-0.2, -0.15) is 0 Å². The predicted molar refractivity (Wildman–Crippen MR) is 48.5 cm³/mol. The zero-order chi connectivity index (χ0) is 9.68. The Morgan fingerprint density at radius 1 is 1.77 bits per heavy atom. The minimum absolute atomic E-state index is 0.224. The lowest BCUT2D eigenvalue weighted by molar-refractivity contribution is -0.142. The summed E-state index contributed by atoms with van der Waals surface area (Å²) in [6, 6.07) is -0.241. The first-order valence-electron chi connectivity index (χ1n) is 4.67. The molecule has 1 aliphatic rings. The molecule has 0 aromatic carbocycles. The Labute approximate surface area is 78.6 Å². The van der Waals surface area contributed by atoms with Gasteiger partial charge < -0.3 is 14.8 Å². The van der Waals surface area contributed by atoms with E-state index in [0.717, 1.165) is 26.0 Å². The van der Waals surface area contributed by atoms with Gasteiger partial charge in [-0.25, -0.2) is 0 Å². The minimum Gasteiger partial charge on any atom is -0.468 e. The van der Waals surface area contributed by atoms with Crippen molar-refractivity contribution in [2.24, 2.45) is 0 Å². The van der Waals surface area contributed by atoms with Crippen LogP contribution < -0.4 is 5.32 Å². The number of methoxy groups -OCH3 is 1. The van der Waals surface area contributed by atoms with E-state index in [2.05, 4.69) is 10.1 Å². The maximum atomic E-state index is 11.0. The van der Waals surface area contributed by atoms with Gasteiger partial charge in [-0.05, 0) is 19.8 Å². The topological polar surface area (TPSA) is 47.6 Å². The van der Waals surface area contributed by atoms with E-state index in [4.69, 9.17) is 4.74 Å². The number of hydrogen-bond acceptors (Lipinski definition) is 4. The summed E-state index contributed by atoms with van der Waals surface area (Å²) in [5.74, 6) is -0.224. The first-order chi connectivity index (χ1) is 6.24. The fraction of sp³-hybridized carbons (Fsp3) is 0.889. The van der Waals surface area contributed by atoms with Crippen LogP contribution in [0.3, 0.4) is 0 Å². The number of ether oxygens (including phenoxy) is 2. The van der Waals surface area contributed by atoms with Gasteiger partial charge in [0.15, 0.2) is 0 Å². The molecule has 0 aromatic heterocycles. The van der Waals surface area contributed by atoms with Crippen molar-refractivity contribution in [3.8, 4) is 0 Å². The fourth-order valence-electron chi connectivity index (χ4n) is 1.37. The van der Waals surface area contributed by atoms with Crippen LogP contribution in [0.15, 0.2) is 0 Å². The molecule has 0 unspecified atom stereocenters. The predicted octanol–water partition coefficient (Wildman–Crippen LogP) is 0.316. The van der Waals surface area contributed by atoms with Gasteiger partial charge in [-0.3, -0.25) is 4.79 Å². The normalized spacial score (nSPS) is 24.3. The van der Waals surface area contributed by atoms with Crippen LogP contribution >= 0.6 is 0 Å². The smallest absolute Gasteiger partial charge is 0.322 e. The van der Waals surface area contributed by atoms with Gasteiger partial charge in [-0.15, -0.1) is 0 Å². The third kappa shape index (κ3) is 3.32. The number of hydrogen-bond donors (Lipinski definition) is 1. The molecule has 76 valence electrons. The molecule has 1 fully saturated rings. The Morgan fingerprint density at radius 3 is 3.08 bits per heavy atom. The molecule has 1 rings (SSSR count). The number of carbonyl (C=O) groups excluding carboxylic acids is 1. The third-order valence-electron chi connectivity index (χ3n) is 2.23. The second kappa shape index (κ2) is 5.19. The molecule has 1 aliphatic heterocycles. The van der Waals surface area contributed by atoms with Gasteiger partial charge in [0, 0.05) is 13.2 Å². The van der Waals surface area contributed by atoms with Crippen molar-refractivity contribution >= 4 is 5.97 Å². The molecule has 2 atom stereocenters. The van der Waals surface area contributed by atoms with Crippen LogP contribution in [-0.2, 0) is 14.3 Å². The van der Waals surface area contributed by atoms with Gasteiger partial charge in [0.2, 0.25) is 0 Å². The van der Waals surface area contributed by atoms with Crippen molar-refractivity contribution in [3.05, 3.63) is 0 Å². The van der Waals surface area contributed by atoms with Gasteiger partial charge in [-0.1, -0.05) is 0 Å². The first-order valence-corrected chi connectivity index (χ1v) is 4.67. The highest BCUT2D eigenvalue weighted by molar-refractivity contribution is 5.75. The van der Waals surface area contributed by atoms with E-state index < -0.39 is 0 Å². The zero-order valence-electron chi connectivity index (χ0n) is 8.21. The van der Waals surface area contributed by atoms with Gasteiger partial charge in [0.25, 0.3) is 0 Å². The van der Waals surface area contributed by atoms with Crippen LogP contribution in [0, 0.1) is 0 Å². The highest BCUT2D eigenvalue weighted by Gasteiger charge is 2.18. The standard InChI is InChI=1S/C9H17NO3/c1-7(9(11)12-2)10-6-8-4-3-5-13-8/h7-8,10H,3-6H2,1-2H3/t7-,8-/m1/s1. The van der Waals surface area contributed by atoms with Crippen molar-refractivity contribution in [2.75, 3.05) is 20.3 Å². The van der Waals surface area contributed by atoms with Crippen LogP contribution in [0.4, 0.5) is 0 Å². The number of rotatable bonds is 4. The van der Waals surface area contributed by atoms with E-state index in [1.807, 2.05) is 0 Å². The summed E-state index contributed by atoms with van der Waals surface area (Å²) < 4.78 is 9.99. The second-order valence-corrected chi connectivity index (χ2v) is 3.29. The average Bonchev–Trinajstić information content (AvgIpc) is 2.65. The van der Waals surface area contributed by atoms with Crippen molar-refractivity contribution in [2.45, 2.75) is 31.9 Å². The zero-order valence-corrected chi connectivity index (χ0v) is 8.21. The first kappa shape index (κ1) is 10.5. The summed E-state index contributed by atoms with van der Waals surface area (Å²) >= 11 is 0. The van der Waals surface area contributed by atoms with Crippen LogP contribution in [0.25, 0.3) is 0 Å². The molecule has 0 amide bonds. The molecule has 0 radical (unpaired) electrons. The number of esters is 1. The maximum Gasteiger partial charge on any atom is 0.322 e. The molecule has 1 heterocycles. The Balaban J connectivity index is 2.13. The molecule has 4 nitrogen and oxygen atoms in total. The van der Waals surface area contributed by atoms with Crippen molar-refractivity contribution in [1.82, 2.24) is 5.32 Å². The SMILES string of the molecule is COC(=O)[C@@H](C)NC[C@H]1CCCO1. The molecule has 1 N–H and O–H groups in total. The van der Waals surface area contributed by atoms with E-state index in [9.17, 15) is 4.79 Å². The van der Waals surface area contributed by atoms with E-state index in [0.29, 0.717) is 0 Å². The van der Waals surface area contributed by atoms with Crippen LogP contribution in [-0.4, -0.2) is 38.4 Å². The summed E-state index contributed by atoms with van der Waals surface area (Å²) in [6.07, 6.45) is 2.48. The highest BCUT2D eigenvalue weighted by atomic mass is 16.5. The lowest BCUT2D eigenvalue weighted by Crippen LogP contribution is -2.39. The van der Waals surface area contributed by atoms with E-state index in [-0.39, 0.29) is 18.1 Å². The van der Waals surface area contributed by atoms with Gasteiger partial charge >= 0.3 is 5.97 Å². The lowest BCUT2D eigenvalue weighted by atomic mass is 10.2. The van der Waals surface area contributed by atoms with Gasteiger partial charge in [0.05, 0.1) is 13.2 Å². The Kier molecular flexibility index (Phi) is 4.18. The van der Waals surface area contributed by atoms with E-state index >= 15 is 0 Å². The fourth-order valence-corrected chi connectivity index (χ4v) is 1.37. The summed E-state index contributed by atoms with van der Waals surface area (Å²) in [5.41, 5.74) is 0. The van der Waals surface area contributed by atoms with Gasteiger partial charge in [0.1, 0.15) is 6.04 Å². The quantitative estimate of drug-likeness (QED) is 0.644. The summed E-state index contributed by atoms with van der Waals surface area (Å²) in [5, 5.41) is 3.08. The summed E-state index contributed by atoms with van der Waals surface area (Å²) in [6.45, 7) is 3.37. The molecule has 0 spiro atoms. The summed E-state index contributed by atoms with van der Waals surface area (Å²) in [7, 11) is 1.40. The van der Waals surface area contributed by atoms with Crippen molar-refractivity contribution in [3.63, 3.8) is 0 Å².